The van der Waals surface area contributed by atoms with Crippen LogP contribution in [0, 0.1) is 0 Å². The average molecular weight is 256 g/mol. The van der Waals surface area contributed by atoms with Crippen LogP contribution in [0.25, 0.3) is 0 Å². The first-order chi connectivity index (χ1) is 7.72. The van der Waals surface area contributed by atoms with Crippen LogP contribution in [0.3, 0.4) is 0 Å². The van der Waals surface area contributed by atoms with E-state index in [9.17, 15) is 13.2 Å². The maximum Gasteiger partial charge on any atom is 0.389 e. The summed E-state index contributed by atoms with van der Waals surface area (Å²) in [4.78, 5) is 0. The molecule has 0 aliphatic heterocycles. The molecule has 0 fully saturated rings. The van der Waals surface area contributed by atoms with Gasteiger partial charge in [-0.05, 0) is 26.7 Å². The van der Waals surface area contributed by atoms with E-state index < -0.39 is 18.1 Å². The van der Waals surface area contributed by atoms with Crippen LogP contribution in [0.2, 0.25) is 0 Å². The number of nitrogens with two attached hydrogens (primary N) is 1. The highest BCUT2D eigenvalue weighted by Gasteiger charge is 2.29. The summed E-state index contributed by atoms with van der Waals surface area (Å²) in [6.45, 7) is 4.61. The Morgan fingerprint density at radius 2 is 1.88 bits per heavy atom. The van der Waals surface area contributed by atoms with Gasteiger partial charge >= 0.3 is 6.18 Å². The molecule has 0 aromatic carbocycles. The van der Waals surface area contributed by atoms with Gasteiger partial charge < -0.3 is 15.8 Å². The Hall–Kier alpha value is -0.330. The van der Waals surface area contributed by atoms with Crippen molar-refractivity contribution in [2.45, 2.75) is 50.9 Å². The Balaban J connectivity index is 4.01. The van der Waals surface area contributed by atoms with Gasteiger partial charge in [0.2, 0.25) is 0 Å². The smallest absolute Gasteiger partial charge is 0.380 e. The molecule has 0 saturated carbocycles. The van der Waals surface area contributed by atoms with Crippen LogP contribution in [0.15, 0.2) is 0 Å². The molecule has 0 saturated heterocycles. The SMILES string of the molecule is COC(C)CNC(C)(CN)CCCC(F)(F)F. The third-order valence-corrected chi connectivity index (χ3v) is 2.86. The monoisotopic (exact) mass is 256 g/mol. The molecule has 3 nitrogen and oxygen atoms in total. The first kappa shape index (κ1) is 16.7. The van der Waals surface area contributed by atoms with Crippen molar-refractivity contribution in [1.82, 2.24) is 5.32 Å². The van der Waals surface area contributed by atoms with Crippen molar-refractivity contribution in [3.05, 3.63) is 0 Å². The summed E-state index contributed by atoms with van der Waals surface area (Å²) >= 11 is 0. The molecule has 0 aliphatic rings. The van der Waals surface area contributed by atoms with Gasteiger partial charge in [-0.1, -0.05) is 0 Å². The highest BCUT2D eigenvalue weighted by Crippen LogP contribution is 2.24. The number of nitrogens with one attached hydrogen (secondary N) is 1. The largest absolute Gasteiger partial charge is 0.389 e. The number of rotatable bonds is 8. The van der Waals surface area contributed by atoms with Crippen LogP contribution in [0.4, 0.5) is 13.2 Å². The zero-order valence-corrected chi connectivity index (χ0v) is 10.7. The van der Waals surface area contributed by atoms with Crippen molar-refractivity contribution in [3.8, 4) is 0 Å². The molecular weight excluding hydrogens is 233 g/mol. The van der Waals surface area contributed by atoms with Crippen molar-refractivity contribution in [1.29, 1.82) is 0 Å². The molecule has 0 rings (SSSR count). The molecule has 0 aromatic heterocycles. The fraction of sp³-hybridized carbons (Fsp3) is 1.00. The van der Waals surface area contributed by atoms with E-state index in [0.717, 1.165) is 0 Å². The highest BCUT2D eigenvalue weighted by atomic mass is 19.4. The van der Waals surface area contributed by atoms with Gasteiger partial charge in [0.1, 0.15) is 0 Å². The lowest BCUT2D eigenvalue weighted by Gasteiger charge is -2.31. The molecule has 3 N–H and O–H groups in total. The molecule has 0 radical (unpaired) electrons. The lowest BCUT2D eigenvalue weighted by atomic mass is 9.94. The summed E-state index contributed by atoms with van der Waals surface area (Å²) in [6.07, 6.45) is -4.34. The van der Waals surface area contributed by atoms with E-state index in [0.29, 0.717) is 19.5 Å². The van der Waals surface area contributed by atoms with Crippen LogP contribution in [-0.4, -0.2) is 38.0 Å². The van der Waals surface area contributed by atoms with Gasteiger partial charge in [0, 0.05) is 32.2 Å². The molecule has 2 unspecified atom stereocenters. The Morgan fingerprint density at radius 1 is 1.29 bits per heavy atom. The molecule has 0 aromatic rings. The Kier molecular flexibility index (Phi) is 7.04. The molecule has 0 spiro atoms. The number of hydrogen-bond donors (Lipinski definition) is 2. The minimum atomic E-state index is -4.09. The van der Waals surface area contributed by atoms with Gasteiger partial charge in [-0.2, -0.15) is 13.2 Å². The maximum atomic E-state index is 12.0. The third-order valence-electron chi connectivity index (χ3n) is 2.86. The van der Waals surface area contributed by atoms with Crippen molar-refractivity contribution in [2.75, 3.05) is 20.2 Å². The predicted molar refractivity (Wildman–Crippen MR) is 61.8 cm³/mol. The fourth-order valence-corrected chi connectivity index (χ4v) is 1.42. The Labute approximate surface area is 101 Å². The molecule has 0 amide bonds. The average Bonchev–Trinajstić information content (AvgIpc) is 2.24. The van der Waals surface area contributed by atoms with Crippen molar-refractivity contribution >= 4 is 0 Å². The maximum absolute atomic E-state index is 12.0. The zero-order valence-electron chi connectivity index (χ0n) is 10.7. The topological polar surface area (TPSA) is 47.3 Å². The molecule has 104 valence electrons. The normalized spacial score (nSPS) is 17.8. The molecule has 2 atom stereocenters. The standard InChI is InChI=1S/C11H23F3N2O/c1-9(17-3)7-16-10(2,8-15)5-4-6-11(12,13)14/h9,16H,4-8,15H2,1-3H3. The van der Waals surface area contributed by atoms with Gasteiger partial charge in [0.25, 0.3) is 0 Å². The summed E-state index contributed by atoms with van der Waals surface area (Å²) < 4.78 is 41.2. The van der Waals surface area contributed by atoms with Crippen LogP contribution in [0.1, 0.15) is 33.1 Å². The number of methoxy groups -OCH3 is 1. The van der Waals surface area contributed by atoms with E-state index in [-0.39, 0.29) is 12.5 Å². The second-order valence-corrected chi connectivity index (χ2v) is 4.66. The number of halogens is 3. The quantitative estimate of drug-likeness (QED) is 0.699. The first-order valence-corrected chi connectivity index (χ1v) is 5.77. The van der Waals surface area contributed by atoms with Gasteiger partial charge in [-0.25, -0.2) is 0 Å². The van der Waals surface area contributed by atoms with Crippen molar-refractivity contribution < 1.29 is 17.9 Å². The second-order valence-electron chi connectivity index (χ2n) is 4.66. The van der Waals surface area contributed by atoms with E-state index in [1.165, 1.54) is 0 Å². The van der Waals surface area contributed by atoms with E-state index in [2.05, 4.69) is 5.32 Å². The summed E-state index contributed by atoms with van der Waals surface area (Å²) in [5, 5.41) is 3.17. The molecule has 6 heteroatoms. The number of alkyl halides is 3. The zero-order chi connectivity index (χ0) is 13.5. The summed E-state index contributed by atoms with van der Waals surface area (Å²) in [5.74, 6) is 0. The second kappa shape index (κ2) is 7.18. The van der Waals surface area contributed by atoms with Gasteiger partial charge in [0.15, 0.2) is 0 Å². The lowest BCUT2D eigenvalue weighted by molar-refractivity contribution is -0.136. The Morgan fingerprint density at radius 3 is 2.29 bits per heavy atom. The van der Waals surface area contributed by atoms with Crippen LogP contribution in [-0.2, 0) is 4.74 Å². The molecule has 0 bridgehead atoms. The number of ether oxygens (including phenoxy) is 1. The van der Waals surface area contributed by atoms with Gasteiger partial charge in [-0.15, -0.1) is 0 Å². The number of hydrogen-bond acceptors (Lipinski definition) is 3. The Bertz CT molecular complexity index is 211. The van der Waals surface area contributed by atoms with Crippen LogP contribution in [0.5, 0.6) is 0 Å². The van der Waals surface area contributed by atoms with E-state index >= 15 is 0 Å². The van der Waals surface area contributed by atoms with Crippen molar-refractivity contribution in [2.24, 2.45) is 5.73 Å². The summed E-state index contributed by atoms with van der Waals surface area (Å²) in [5.41, 5.74) is 5.14. The van der Waals surface area contributed by atoms with Gasteiger partial charge in [0.05, 0.1) is 6.10 Å². The minimum Gasteiger partial charge on any atom is -0.380 e. The molecular formula is C11H23F3N2O. The summed E-state index contributed by atoms with van der Waals surface area (Å²) in [7, 11) is 1.59. The lowest BCUT2D eigenvalue weighted by Crippen LogP contribution is -2.51. The summed E-state index contributed by atoms with van der Waals surface area (Å²) in [6, 6.07) is 0. The molecule has 0 heterocycles. The first-order valence-electron chi connectivity index (χ1n) is 5.77. The van der Waals surface area contributed by atoms with E-state index in [4.69, 9.17) is 10.5 Å². The predicted octanol–water partition coefficient (Wildman–Crippen LogP) is 2.06. The third kappa shape index (κ3) is 8.40. The fourth-order valence-electron chi connectivity index (χ4n) is 1.42. The van der Waals surface area contributed by atoms with E-state index in [1.54, 1.807) is 7.11 Å². The molecule has 17 heavy (non-hydrogen) atoms. The van der Waals surface area contributed by atoms with Crippen LogP contribution >= 0.6 is 0 Å². The van der Waals surface area contributed by atoms with Crippen LogP contribution < -0.4 is 11.1 Å². The van der Waals surface area contributed by atoms with Gasteiger partial charge in [-0.3, -0.25) is 0 Å². The molecule has 0 aliphatic carbocycles. The van der Waals surface area contributed by atoms with E-state index in [1.807, 2.05) is 13.8 Å². The minimum absolute atomic E-state index is 0.0171. The van der Waals surface area contributed by atoms with Crippen molar-refractivity contribution in [3.63, 3.8) is 0 Å². The highest BCUT2D eigenvalue weighted by molar-refractivity contribution is 4.85.